The molecule has 0 aromatic rings. The van der Waals surface area contributed by atoms with Crippen LogP contribution in [0.4, 0.5) is 4.79 Å². The van der Waals surface area contributed by atoms with Gasteiger partial charge in [-0.15, -0.1) is 0 Å². The molecular weight excluding hydrogens is 608 g/mol. The summed E-state index contributed by atoms with van der Waals surface area (Å²) < 4.78 is 37.7. The van der Waals surface area contributed by atoms with E-state index in [-0.39, 0.29) is 60.0 Å². The lowest BCUT2D eigenvalue weighted by Gasteiger charge is -2.70. The quantitative estimate of drug-likeness (QED) is 0.226. The number of hydrogen-bond donors (Lipinski definition) is 2. The van der Waals surface area contributed by atoms with Crippen LogP contribution < -0.4 is 10.6 Å². The number of rotatable bonds is 8. The second-order valence-corrected chi connectivity index (χ2v) is 17.0. The molecule has 8 rings (SSSR count). The van der Waals surface area contributed by atoms with Gasteiger partial charge in [0, 0.05) is 23.3 Å². The maximum atomic E-state index is 14.3. The molecule has 0 radical (unpaired) electrons. The SMILES string of the molecule is CC(C)[C@H](NC(=O)OC(C)(C)C)C(=O)N[C@@H](C(=O)O[C@@H]1[C@@]2(C(C)C)O[C@H]2[C@@H]2O[C@@]23[C@@]2(C)CCC4=C(COC4=O)[C@@H]2C2C[C@@]13O2)C(C)C. The third-order valence-corrected chi connectivity index (χ3v) is 12.1. The lowest BCUT2D eigenvalue weighted by molar-refractivity contribution is -0.367. The van der Waals surface area contributed by atoms with Gasteiger partial charge in [-0.25, -0.2) is 14.4 Å². The zero-order valence-corrected chi connectivity index (χ0v) is 29.2. The molecule has 0 aromatic heterocycles. The van der Waals surface area contributed by atoms with Crippen LogP contribution in [0, 0.1) is 29.1 Å². The summed E-state index contributed by atoms with van der Waals surface area (Å²) in [5.74, 6) is -1.95. The van der Waals surface area contributed by atoms with Crippen LogP contribution in [0.15, 0.2) is 11.1 Å². The average molecular weight is 659 g/mol. The minimum atomic E-state index is -0.998. The molecule has 2 bridgehead atoms. The van der Waals surface area contributed by atoms with E-state index < -0.39 is 58.6 Å². The Kier molecular flexibility index (Phi) is 7.10. The van der Waals surface area contributed by atoms with E-state index in [9.17, 15) is 19.2 Å². The van der Waals surface area contributed by atoms with Crippen LogP contribution >= 0.6 is 0 Å². The summed E-state index contributed by atoms with van der Waals surface area (Å²) >= 11 is 0. The lowest BCUT2D eigenvalue weighted by atomic mass is 9.42. The van der Waals surface area contributed by atoms with E-state index in [1.807, 2.05) is 27.7 Å². The first kappa shape index (κ1) is 32.8. The zero-order chi connectivity index (χ0) is 34.2. The Morgan fingerprint density at radius 2 is 1.60 bits per heavy atom. The number of carbonyl (C=O) groups is 4. The molecule has 6 fully saturated rings. The van der Waals surface area contributed by atoms with Crippen molar-refractivity contribution in [2.45, 2.75) is 147 Å². The molecule has 47 heavy (non-hydrogen) atoms. The average Bonchev–Trinajstić information content (AvgIpc) is 3.82. The molecule has 4 saturated heterocycles. The predicted molar refractivity (Wildman–Crippen MR) is 166 cm³/mol. The van der Waals surface area contributed by atoms with E-state index in [1.165, 1.54) is 0 Å². The monoisotopic (exact) mass is 658 g/mol. The summed E-state index contributed by atoms with van der Waals surface area (Å²) in [4.78, 5) is 53.0. The van der Waals surface area contributed by atoms with Gasteiger partial charge in [-0.1, -0.05) is 48.5 Å². The van der Waals surface area contributed by atoms with Gasteiger partial charge in [0.2, 0.25) is 5.91 Å². The number of epoxide rings is 2. The highest BCUT2D eigenvalue weighted by Crippen LogP contribution is 2.82. The first-order valence-electron chi connectivity index (χ1n) is 17.3. The van der Waals surface area contributed by atoms with Gasteiger partial charge in [0.25, 0.3) is 0 Å². The molecule has 1 unspecified atom stereocenters. The number of cyclic esters (lactones) is 1. The van der Waals surface area contributed by atoms with E-state index in [2.05, 4.69) is 31.4 Å². The molecule has 8 aliphatic rings. The Bertz CT molecular complexity index is 1440. The van der Waals surface area contributed by atoms with Gasteiger partial charge in [-0.3, -0.25) is 4.79 Å². The standard InChI is InChI=1S/C35H50N2O10/c1-15(2)22(37-30(41)47-31(7,8)9)26(38)36-23(16(3)4)28(40)43-29-33-13-20(44-33)21-19-14-42-27(39)18(19)11-12-32(21,10)35(33)25(46-35)24-34(29,45-24)17(5)6/h15-17,20-25,29H,11-14H2,1-10H3,(H,36,38)(H,37,41)/t20?,21-,22+,23-,24+,25+,29+,32+,33-,34+,35-/m1/s1. The number of carbonyl (C=O) groups excluding carboxylic acids is 4. The fourth-order valence-electron chi connectivity index (χ4n) is 9.95. The Labute approximate surface area is 276 Å². The first-order valence-corrected chi connectivity index (χ1v) is 17.3. The maximum absolute atomic E-state index is 14.3. The summed E-state index contributed by atoms with van der Waals surface area (Å²) in [5, 5.41) is 5.54. The highest BCUT2D eigenvalue weighted by atomic mass is 16.7. The summed E-state index contributed by atoms with van der Waals surface area (Å²) in [6.07, 6.45) is -0.169. The van der Waals surface area contributed by atoms with Gasteiger partial charge in [0.1, 0.15) is 53.3 Å². The second-order valence-electron chi connectivity index (χ2n) is 17.0. The third kappa shape index (κ3) is 4.28. The number of hydrogen-bond acceptors (Lipinski definition) is 10. The lowest BCUT2D eigenvalue weighted by Crippen LogP contribution is -2.84. The molecule has 2 N–H and O–H groups in total. The smallest absolute Gasteiger partial charge is 0.408 e. The van der Waals surface area contributed by atoms with Gasteiger partial charge in [-0.2, -0.15) is 0 Å². The van der Waals surface area contributed by atoms with Crippen molar-refractivity contribution in [3.05, 3.63) is 11.1 Å². The van der Waals surface area contributed by atoms with Crippen LogP contribution in [-0.2, 0) is 42.8 Å². The molecule has 2 spiro atoms. The van der Waals surface area contributed by atoms with Gasteiger partial charge in [0.15, 0.2) is 6.10 Å². The normalized spacial score (nSPS) is 41.7. The van der Waals surface area contributed by atoms with Crippen molar-refractivity contribution in [3.63, 3.8) is 0 Å². The van der Waals surface area contributed by atoms with E-state index >= 15 is 0 Å². The van der Waals surface area contributed by atoms with Crippen LogP contribution in [0.2, 0.25) is 0 Å². The van der Waals surface area contributed by atoms with Crippen molar-refractivity contribution in [1.82, 2.24) is 10.6 Å². The number of alkyl carbamates (subject to hydrolysis) is 1. The number of fused-ring (bicyclic) bond motifs is 2. The van der Waals surface area contributed by atoms with Crippen molar-refractivity contribution in [3.8, 4) is 0 Å². The van der Waals surface area contributed by atoms with Crippen LogP contribution in [0.1, 0.15) is 88.5 Å². The molecule has 5 aliphatic heterocycles. The van der Waals surface area contributed by atoms with Crippen molar-refractivity contribution in [2.75, 3.05) is 6.61 Å². The molecule has 11 atom stereocenters. The molecule has 0 aromatic carbocycles. The molecule has 260 valence electrons. The van der Waals surface area contributed by atoms with Crippen LogP contribution in [0.25, 0.3) is 0 Å². The molecule has 12 nitrogen and oxygen atoms in total. The van der Waals surface area contributed by atoms with Crippen molar-refractivity contribution >= 4 is 23.9 Å². The third-order valence-electron chi connectivity index (χ3n) is 12.1. The zero-order valence-electron chi connectivity index (χ0n) is 29.2. The van der Waals surface area contributed by atoms with E-state index in [0.717, 1.165) is 17.6 Å². The molecule has 2 saturated carbocycles. The Morgan fingerprint density at radius 1 is 0.936 bits per heavy atom. The topological polar surface area (TPSA) is 154 Å². The minimum Gasteiger partial charge on any atom is -0.458 e. The van der Waals surface area contributed by atoms with Gasteiger partial charge < -0.3 is 39.1 Å². The van der Waals surface area contributed by atoms with Gasteiger partial charge in [0.05, 0.1) is 6.10 Å². The summed E-state index contributed by atoms with van der Waals surface area (Å²) in [6, 6.07) is -1.93. The Balaban J connectivity index is 1.16. The molecule has 3 aliphatic carbocycles. The predicted octanol–water partition coefficient (Wildman–Crippen LogP) is 3.34. The highest BCUT2D eigenvalue weighted by Gasteiger charge is 2.99. The minimum absolute atomic E-state index is 0.00739. The number of esters is 2. The Morgan fingerprint density at radius 3 is 2.19 bits per heavy atom. The van der Waals surface area contributed by atoms with Crippen LogP contribution in [-0.4, -0.2) is 89.4 Å². The van der Waals surface area contributed by atoms with Gasteiger partial charge in [-0.05, 0) is 56.9 Å². The summed E-state index contributed by atoms with van der Waals surface area (Å²) in [5.41, 5.74) is -1.76. The first-order chi connectivity index (χ1) is 21.8. The Hall–Kier alpha value is -2.70. The van der Waals surface area contributed by atoms with E-state index in [0.29, 0.717) is 12.8 Å². The van der Waals surface area contributed by atoms with Gasteiger partial charge >= 0.3 is 18.0 Å². The number of nitrogens with one attached hydrogen (secondary N) is 2. The van der Waals surface area contributed by atoms with E-state index in [4.69, 9.17) is 28.4 Å². The molecule has 5 heterocycles. The molecular formula is C35H50N2O10. The van der Waals surface area contributed by atoms with Crippen LogP contribution in [0.5, 0.6) is 0 Å². The van der Waals surface area contributed by atoms with Crippen LogP contribution in [0.3, 0.4) is 0 Å². The highest BCUT2D eigenvalue weighted by molar-refractivity contribution is 5.92. The maximum Gasteiger partial charge on any atom is 0.408 e. The van der Waals surface area contributed by atoms with Crippen molar-refractivity contribution < 1.29 is 47.6 Å². The summed E-state index contributed by atoms with van der Waals surface area (Å²) in [6.45, 7) is 19.2. The van der Waals surface area contributed by atoms with Crippen molar-refractivity contribution in [2.24, 2.45) is 29.1 Å². The summed E-state index contributed by atoms with van der Waals surface area (Å²) in [7, 11) is 0. The molecule has 12 heteroatoms. The molecule has 2 amide bonds. The fourth-order valence-corrected chi connectivity index (χ4v) is 9.95. The van der Waals surface area contributed by atoms with E-state index in [1.54, 1.807) is 20.8 Å². The van der Waals surface area contributed by atoms with Crippen molar-refractivity contribution in [1.29, 1.82) is 0 Å². The largest absolute Gasteiger partial charge is 0.458 e. The fraction of sp³-hybridized carbons (Fsp3) is 0.829. The second kappa shape index (κ2) is 10.2. The number of ether oxygens (including phenoxy) is 6. The number of amides is 2.